The molecular weight excluding hydrogens is 564 g/mol. The van der Waals surface area contributed by atoms with Gasteiger partial charge in [-0.3, -0.25) is 4.79 Å². The zero-order valence-corrected chi connectivity index (χ0v) is 28.8. The molecule has 6 rings (SSSR count). The normalized spacial score (nSPS) is 39.8. The second-order valence-electron chi connectivity index (χ2n) is 17.4. The number of benzene rings is 1. The van der Waals surface area contributed by atoms with Crippen LogP contribution in [0.4, 0.5) is 0 Å². The fourth-order valence-corrected chi connectivity index (χ4v) is 12.0. The quantitative estimate of drug-likeness (QED) is 0.268. The Morgan fingerprint density at radius 1 is 0.778 bits per heavy atom. The van der Waals surface area contributed by atoms with Crippen LogP contribution in [0.25, 0.3) is 0 Å². The molecule has 0 radical (unpaired) electrons. The summed E-state index contributed by atoms with van der Waals surface area (Å²) in [5, 5.41) is 9.66. The zero-order valence-electron chi connectivity index (χ0n) is 28.8. The third kappa shape index (κ3) is 4.50. The van der Waals surface area contributed by atoms with Gasteiger partial charge < -0.3 is 14.6 Å². The minimum Gasteiger partial charge on any atom is -0.478 e. The summed E-state index contributed by atoms with van der Waals surface area (Å²) in [6.07, 6.45) is 10.7. The van der Waals surface area contributed by atoms with Crippen molar-refractivity contribution in [1.29, 1.82) is 0 Å². The van der Waals surface area contributed by atoms with Crippen molar-refractivity contribution in [2.24, 2.45) is 44.3 Å². The highest BCUT2D eigenvalue weighted by Crippen LogP contribution is 2.75. The van der Waals surface area contributed by atoms with Gasteiger partial charge in [0, 0.05) is 5.41 Å². The molecule has 2 unspecified atom stereocenters. The number of esters is 2. The van der Waals surface area contributed by atoms with E-state index in [1.54, 1.807) is 30.9 Å². The van der Waals surface area contributed by atoms with Crippen LogP contribution in [-0.2, 0) is 14.3 Å². The molecule has 0 amide bonds. The Kier molecular flexibility index (Phi) is 7.50. The van der Waals surface area contributed by atoms with E-state index in [1.807, 2.05) is 0 Å². The molecule has 7 atom stereocenters. The number of methoxy groups -OCH3 is 1. The van der Waals surface area contributed by atoms with Crippen molar-refractivity contribution in [3.05, 3.63) is 46.5 Å². The van der Waals surface area contributed by atoms with Crippen LogP contribution in [0.2, 0.25) is 0 Å². The summed E-state index contributed by atoms with van der Waals surface area (Å²) in [6.45, 7) is 16.9. The molecular formula is C39H54O6. The van der Waals surface area contributed by atoms with Gasteiger partial charge in [-0.25, -0.2) is 9.59 Å². The van der Waals surface area contributed by atoms with Crippen LogP contribution in [0.5, 0.6) is 0 Å². The molecule has 5 aliphatic carbocycles. The lowest BCUT2D eigenvalue weighted by Gasteiger charge is -2.71. The maximum atomic E-state index is 13.5. The second kappa shape index (κ2) is 10.4. The Bertz CT molecular complexity index is 1450. The lowest BCUT2D eigenvalue weighted by Crippen LogP contribution is -2.64. The van der Waals surface area contributed by atoms with Crippen LogP contribution < -0.4 is 0 Å². The minimum absolute atomic E-state index is 0.0141. The molecule has 45 heavy (non-hydrogen) atoms. The van der Waals surface area contributed by atoms with E-state index in [0.29, 0.717) is 11.8 Å². The van der Waals surface area contributed by atoms with E-state index < -0.39 is 17.4 Å². The van der Waals surface area contributed by atoms with Gasteiger partial charge in [-0.1, -0.05) is 71.7 Å². The molecule has 1 aromatic rings. The van der Waals surface area contributed by atoms with E-state index in [-0.39, 0.29) is 50.3 Å². The van der Waals surface area contributed by atoms with E-state index in [9.17, 15) is 19.5 Å². The number of carboxylic acids is 1. The van der Waals surface area contributed by atoms with Crippen molar-refractivity contribution < 1.29 is 29.0 Å². The summed E-state index contributed by atoms with van der Waals surface area (Å²) in [5.41, 5.74) is 2.84. The maximum absolute atomic E-state index is 13.5. The van der Waals surface area contributed by atoms with Gasteiger partial charge in [0.25, 0.3) is 0 Å². The lowest BCUT2D eigenvalue weighted by molar-refractivity contribution is -0.205. The smallest absolute Gasteiger partial charge is 0.339 e. The van der Waals surface area contributed by atoms with Crippen LogP contribution in [0.3, 0.4) is 0 Å². The first-order valence-corrected chi connectivity index (χ1v) is 17.3. The molecule has 0 spiro atoms. The molecule has 0 bridgehead atoms. The van der Waals surface area contributed by atoms with Crippen molar-refractivity contribution in [2.45, 2.75) is 125 Å². The molecule has 4 saturated carbocycles. The highest BCUT2D eigenvalue weighted by atomic mass is 16.5. The van der Waals surface area contributed by atoms with Crippen molar-refractivity contribution in [3.63, 3.8) is 0 Å². The van der Waals surface area contributed by atoms with Gasteiger partial charge in [0.05, 0.1) is 23.7 Å². The molecule has 1 N–H and O–H groups in total. The van der Waals surface area contributed by atoms with Gasteiger partial charge in [0.2, 0.25) is 0 Å². The molecule has 1 aromatic carbocycles. The molecule has 0 aromatic heterocycles. The standard InChI is InChI=1S/C39H54O6/c1-34(2)19-21-39(33(43)44-8)22-20-37(6)26(27(39)23-34)13-14-29-36(5)17-16-30(35(3,4)28(36)15-18-38(29,37)7)45-32(42)25-12-10-9-11-24(25)31(40)41/h9-12,28-30H,13-23H2,1-8H3,(H,40,41)/t28?,29?,30-,36-,37+,38+,39-/m0/s1. The Morgan fingerprint density at radius 2 is 1.44 bits per heavy atom. The fraction of sp³-hybridized carbons (Fsp3) is 0.718. The van der Waals surface area contributed by atoms with Crippen molar-refractivity contribution >= 4 is 17.9 Å². The van der Waals surface area contributed by atoms with Crippen molar-refractivity contribution in [2.75, 3.05) is 7.11 Å². The van der Waals surface area contributed by atoms with E-state index in [2.05, 4.69) is 48.5 Å². The Labute approximate surface area is 269 Å². The van der Waals surface area contributed by atoms with E-state index in [0.717, 1.165) is 70.6 Å². The predicted octanol–water partition coefficient (Wildman–Crippen LogP) is 9.03. The molecule has 6 nitrogen and oxygen atoms in total. The van der Waals surface area contributed by atoms with Gasteiger partial charge >= 0.3 is 17.9 Å². The molecule has 246 valence electrons. The number of rotatable bonds is 4. The summed E-state index contributed by atoms with van der Waals surface area (Å²) in [4.78, 5) is 38.7. The van der Waals surface area contributed by atoms with Gasteiger partial charge in [-0.15, -0.1) is 0 Å². The Balaban J connectivity index is 1.32. The Morgan fingerprint density at radius 3 is 2.11 bits per heavy atom. The number of ether oxygens (including phenoxy) is 2. The lowest BCUT2D eigenvalue weighted by atomic mass is 9.34. The van der Waals surface area contributed by atoms with E-state index in [4.69, 9.17) is 9.47 Å². The minimum atomic E-state index is -1.12. The van der Waals surface area contributed by atoms with Crippen molar-refractivity contribution in [3.8, 4) is 0 Å². The predicted molar refractivity (Wildman–Crippen MR) is 174 cm³/mol. The van der Waals surface area contributed by atoms with Crippen LogP contribution in [-0.4, -0.2) is 36.2 Å². The third-order valence-electron chi connectivity index (χ3n) is 14.7. The summed E-state index contributed by atoms with van der Waals surface area (Å²) in [6, 6.07) is 6.35. The van der Waals surface area contributed by atoms with Crippen LogP contribution in [0.1, 0.15) is 140 Å². The monoisotopic (exact) mass is 618 g/mol. The number of carbonyl (C=O) groups is 3. The second-order valence-corrected chi connectivity index (χ2v) is 17.4. The summed E-state index contributed by atoms with van der Waals surface area (Å²) >= 11 is 0. The number of carbonyl (C=O) groups excluding carboxylic acids is 2. The molecule has 4 fully saturated rings. The molecule has 6 heteroatoms. The molecule has 0 heterocycles. The van der Waals surface area contributed by atoms with E-state index >= 15 is 0 Å². The molecule has 0 saturated heterocycles. The third-order valence-corrected chi connectivity index (χ3v) is 14.7. The summed E-state index contributed by atoms with van der Waals surface area (Å²) < 4.78 is 11.7. The van der Waals surface area contributed by atoms with Gasteiger partial charge in [0.15, 0.2) is 0 Å². The molecule has 5 aliphatic rings. The van der Waals surface area contributed by atoms with Gasteiger partial charge in [-0.2, -0.15) is 0 Å². The number of hydrogen-bond acceptors (Lipinski definition) is 5. The highest BCUT2D eigenvalue weighted by Gasteiger charge is 2.68. The fourth-order valence-electron chi connectivity index (χ4n) is 12.0. The maximum Gasteiger partial charge on any atom is 0.339 e. The summed E-state index contributed by atoms with van der Waals surface area (Å²) in [5.74, 6) is -0.764. The highest BCUT2D eigenvalue weighted by molar-refractivity contribution is 6.02. The van der Waals surface area contributed by atoms with Gasteiger partial charge in [0.1, 0.15) is 6.10 Å². The largest absolute Gasteiger partial charge is 0.478 e. The van der Waals surface area contributed by atoms with Crippen molar-refractivity contribution in [1.82, 2.24) is 0 Å². The average molecular weight is 619 g/mol. The summed E-state index contributed by atoms with van der Waals surface area (Å²) in [7, 11) is 1.56. The van der Waals surface area contributed by atoms with Crippen LogP contribution in [0.15, 0.2) is 35.4 Å². The van der Waals surface area contributed by atoms with Crippen LogP contribution in [0, 0.1) is 44.3 Å². The Hall–Kier alpha value is -2.63. The molecule has 0 aliphatic heterocycles. The number of allylic oxidation sites excluding steroid dienone is 1. The average Bonchev–Trinajstić information content (AvgIpc) is 2.98. The number of fused-ring (bicyclic) bond motifs is 6. The first-order chi connectivity index (χ1) is 21.0. The van der Waals surface area contributed by atoms with Gasteiger partial charge in [-0.05, 0) is 116 Å². The number of aromatic carboxylic acids is 1. The SMILES string of the molecule is COC(=O)[C@]12CCC(C)(C)CC1=C1CCC3[C@@]4(C)CC[C@H](OC(=O)c5ccccc5C(=O)O)C(C)(C)C4CC[C@@]3(C)[C@]1(C)CC2. The van der Waals surface area contributed by atoms with Crippen LogP contribution >= 0.6 is 0 Å². The number of carboxylic acid groups (broad SMARTS) is 1. The van der Waals surface area contributed by atoms with E-state index in [1.165, 1.54) is 11.6 Å². The first-order valence-electron chi connectivity index (χ1n) is 17.3. The topological polar surface area (TPSA) is 89.9 Å². The first kappa shape index (κ1) is 32.3. The number of hydrogen-bond donors (Lipinski definition) is 1. The zero-order chi connectivity index (χ0) is 32.8.